The Kier molecular flexibility index (Phi) is 3.21. The Hall–Kier alpha value is -0.690. The number of carbonyl (C=O) groups excluding carboxylic acids is 1. The highest BCUT2D eigenvalue weighted by atomic mass is 16.6. The van der Waals surface area contributed by atoms with Crippen LogP contribution in [-0.4, -0.2) is 52.2 Å². The summed E-state index contributed by atoms with van der Waals surface area (Å²) >= 11 is 0. The molecule has 0 aromatic rings. The second-order valence-corrected chi connectivity index (χ2v) is 3.05. The highest BCUT2D eigenvalue weighted by Crippen LogP contribution is 2.22. The van der Waals surface area contributed by atoms with E-state index in [4.69, 9.17) is 15.6 Å². The Morgan fingerprint density at radius 3 is 2.23 bits per heavy atom. The Labute approximate surface area is 74.9 Å². The van der Waals surface area contributed by atoms with Crippen molar-refractivity contribution in [2.75, 3.05) is 6.61 Å². The normalized spacial score (nSPS) is 39.3. The van der Waals surface area contributed by atoms with Crippen molar-refractivity contribution >= 4 is 5.91 Å². The number of aliphatic hydroxyl groups is 3. The number of nitrogens with two attached hydrogens (primary N) is 1. The number of hydrogen-bond donors (Lipinski definition) is 4. The smallest absolute Gasteiger partial charge is 0.220 e. The molecule has 6 nitrogen and oxygen atoms in total. The minimum absolute atomic E-state index is 0.158. The maximum atomic E-state index is 10.5. The monoisotopic (exact) mass is 191 g/mol. The van der Waals surface area contributed by atoms with E-state index in [9.17, 15) is 15.0 Å². The van der Waals surface area contributed by atoms with E-state index in [1.807, 2.05) is 0 Å². The highest BCUT2D eigenvalue weighted by Gasteiger charge is 2.42. The third-order valence-corrected chi connectivity index (χ3v) is 2.04. The highest BCUT2D eigenvalue weighted by molar-refractivity contribution is 5.74. The molecule has 13 heavy (non-hydrogen) atoms. The fourth-order valence-corrected chi connectivity index (χ4v) is 1.34. The first-order valence-electron chi connectivity index (χ1n) is 3.97. The van der Waals surface area contributed by atoms with Gasteiger partial charge < -0.3 is 25.8 Å². The molecule has 0 radical (unpaired) electrons. The van der Waals surface area contributed by atoms with Crippen LogP contribution in [0.2, 0.25) is 0 Å². The molecule has 0 saturated carbocycles. The van der Waals surface area contributed by atoms with Gasteiger partial charge >= 0.3 is 0 Å². The minimum atomic E-state index is -1.16. The Balaban J connectivity index is 2.55. The zero-order valence-corrected chi connectivity index (χ0v) is 6.96. The van der Waals surface area contributed by atoms with E-state index in [1.165, 1.54) is 0 Å². The molecule has 0 aliphatic carbocycles. The van der Waals surface area contributed by atoms with Gasteiger partial charge in [-0.05, 0) is 0 Å². The lowest BCUT2D eigenvalue weighted by molar-refractivity contribution is -0.122. The van der Waals surface area contributed by atoms with Crippen molar-refractivity contribution in [1.82, 2.24) is 0 Å². The minimum Gasteiger partial charge on any atom is -0.394 e. The van der Waals surface area contributed by atoms with Crippen molar-refractivity contribution in [3.63, 3.8) is 0 Å². The predicted octanol–water partition coefficient (Wildman–Crippen LogP) is -2.66. The average molecular weight is 191 g/mol. The van der Waals surface area contributed by atoms with Gasteiger partial charge in [0, 0.05) is 0 Å². The van der Waals surface area contributed by atoms with Crippen LogP contribution < -0.4 is 5.73 Å². The van der Waals surface area contributed by atoms with Crippen molar-refractivity contribution in [3.8, 4) is 0 Å². The Morgan fingerprint density at radius 1 is 1.31 bits per heavy atom. The molecule has 4 unspecified atom stereocenters. The maximum absolute atomic E-state index is 10.5. The van der Waals surface area contributed by atoms with Crippen LogP contribution in [0.3, 0.4) is 0 Å². The molecule has 1 saturated heterocycles. The zero-order chi connectivity index (χ0) is 10.0. The lowest BCUT2D eigenvalue weighted by Crippen LogP contribution is -2.35. The first-order chi connectivity index (χ1) is 6.06. The third kappa shape index (κ3) is 2.16. The first-order valence-corrected chi connectivity index (χ1v) is 3.97. The number of carbonyl (C=O) groups is 1. The van der Waals surface area contributed by atoms with E-state index in [0.29, 0.717) is 0 Å². The summed E-state index contributed by atoms with van der Waals surface area (Å²) in [5, 5.41) is 27.3. The van der Waals surface area contributed by atoms with Crippen LogP contribution >= 0.6 is 0 Å². The standard InChI is InChI=1S/C7H13NO5/c8-5(10)1-3-6(11)7(12)4(2-9)13-3/h3-4,6-7,9,11-12H,1-2H2,(H2,8,10). The van der Waals surface area contributed by atoms with Gasteiger partial charge in [0.2, 0.25) is 5.91 Å². The average Bonchev–Trinajstić information content (AvgIpc) is 2.32. The predicted molar refractivity (Wildman–Crippen MR) is 41.6 cm³/mol. The largest absolute Gasteiger partial charge is 0.394 e. The van der Waals surface area contributed by atoms with Crippen LogP contribution in [0.4, 0.5) is 0 Å². The molecular weight excluding hydrogens is 178 g/mol. The van der Waals surface area contributed by atoms with Gasteiger partial charge in [-0.25, -0.2) is 0 Å². The molecule has 0 bridgehead atoms. The molecule has 5 N–H and O–H groups in total. The lowest BCUT2D eigenvalue weighted by Gasteiger charge is -2.11. The second kappa shape index (κ2) is 4.01. The fourth-order valence-electron chi connectivity index (χ4n) is 1.34. The van der Waals surface area contributed by atoms with Gasteiger partial charge in [-0.2, -0.15) is 0 Å². The summed E-state index contributed by atoms with van der Waals surface area (Å²) in [4.78, 5) is 10.5. The molecule has 76 valence electrons. The molecular formula is C7H13NO5. The van der Waals surface area contributed by atoms with Gasteiger partial charge in [0.25, 0.3) is 0 Å². The molecule has 1 aliphatic rings. The van der Waals surface area contributed by atoms with Crippen molar-refractivity contribution < 1.29 is 24.9 Å². The van der Waals surface area contributed by atoms with Crippen LogP contribution in [-0.2, 0) is 9.53 Å². The Morgan fingerprint density at radius 2 is 1.85 bits per heavy atom. The number of rotatable bonds is 3. The lowest BCUT2D eigenvalue weighted by atomic mass is 10.1. The fraction of sp³-hybridized carbons (Fsp3) is 0.857. The summed E-state index contributed by atoms with van der Waals surface area (Å²) in [7, 11) is 0. The summed E-state index contributed by atoms with van der Waals surface area (Å²) in [5.74, 6) is -0.616. The molecule has 4 atom stereocenters. The molecule has 0 aromatic heterocycles. The van der Waals surface area contributed by atoms with Crippen molar-refractivity contribution in [2.45, 2.75) is 30.8 Å². The van der Waals surface area contributed by atoms with E-state index < -0.39 is 36.9 Å². The second-order valence-electron chi connectivity index (χ2n) is 3.05. The van der Waals surface area contributed by atoms with E-state index in [-0.39, 0.29) is 6.42 Å². The summed E-state index contributed by atoms with van der Waals surface area (Å²) in [6.45, 7) is -0.395. The molecule has 1 heterocycles. The number of ether oxygens (including phenoxy) is 1. The molecule has 0 aromatic carbocycles. The Bertz CT molecular complexity index is 197. The third-order valence-electron chi connectivity index (χ3n) is 2.04. The van der Waals surface area contributed by atoms with Crippen LogP contribution in [0.15, 0.2) is 0 Å². The van der Waals surface area contributed by atoms with Gasteiger partial charge in [0.1, 0.15) is 18.3 Å². The number of hydrogen-bond acceptors (Lipinski definition) is 5. The van der Waals surface area contributed by atoms with Crippen LogP contribution in [0.25, 0.3) is 0 Å². The molecule has 1 aliphatic heterocycles. The van der Waals surface area contributed by atoms with E-state index in [2.05, 4.69) is 0 Å². The summed E-state index contributed by atoms with van der Waals surface area (Å²) in [6, 6.07) is 0. The van der Waals surface area contributed by atoms with Crippen molar-refractivity contribution in [2.24, 2.45) is 5.73 Å². The van der Waals surface area contributed by atoms with Gasteiger partial charge in [-0.1, -0.05) is 0 Å². The topological polar surface area (TPSA) is 113 Å². The number of aliphatic hydroxyl groups excluding tert-OH is 3. The maximum Gasteiger partial charge on any atom is 0.220 e. The van der Waals surface area contributed by atoms with Crippen molar-refractivity contribution in [1.29, 1.82) is 0 Å². The number of amides is 1. The zero-order valence-electron chi connectivity index (χ0n) is 6.96. The van der Waals surface area contributed by atoms with Gasteiger partial charge in [-0.15, -0.1) is 0 Å². The summed E-state index contributed by atoms with van der Waals surface area (Å²) in [6.07, 6.45) is -4.13. The van der Waals surface area contributed by atoms with Crippen LogP contribution in [0, 0.1) is 0 Å². The quantitative estimate of drug-likeness (QED) is 0.389. The molecule has 1 amide bonds. The number of primary amides is 1. The van der Waals surface area contributed by atoms with Gasteiger partial charge in [0.05, 0.1) is 19.1 Å². The van der Waals surface area contributed by atoms with Crippen LogP contribution in [0.5, 0.6) is 0 Å². The van der Waals surface area contributed by atoms with Gasteiger partial charge in [0.15, 0.2) is 0 Å². The van der Waals surface area contributed by atoms with Crippen LogP contribution in [0.1, 0.15) is 6.42 Å². The van der Waals surface area contributed by atoms with E-state index in [1.54, 1.807) is 0 Å². The first kappa shape index (κ1) is 10.4. The molecule has 6 heteroatoms. The molecule has 1 fully saturated rings. The SMILES string of the molecule is NC(=O)CC1OC(CO)C(O)C1O. The van der Waals surface area contributed by atoms with Crippen molar-refractivity contribution in [3.05, 3.63) is 0 Å². The van der Waals surface area contributed by atoms with E-state index in [0.717, 1.165) is 0 Å². The molecule has 1 rings (SSSR count). The van der Waals surface area contributed by atoms with Gasteiger partial charge in [-0.3, -0.25) is 4.79 Å². The van der Waals surface area contributed by atoms with E-state index >= 15 is 0 Å². The molecule has 0 spiro atoms. The summed E-state index contributed by atoms with van der Waals surface area (Å²) < 4.78 is 5.00. The summed E-state index contributed by atoms with van der Waals surface area (Å²) in [5.41, 5.74) is 4.89.